The third kappa shape index (κ3) is 5.80. The first-order valence-electron chi connectivity index (χ1n) is 8.91. The van der Waals surface area contributed by atoms with E-state index < -0.39 is 0 Å². The molecule has 5 heteroatoms. The van der Waals surface area contributed by atoms with Gasteiger partial charge in [-0.15, -0.1) is 0 Å². The lowest BCUT2D eigenvalue weighted by atomic mass is 9.95. The number of urea groups is 1. The summed E-state index contributed by atoms with van der Waals surface area (Å²) in [5.41, 5.74) is 2.53. The first-order chi connectivity index (χ1) is 11.6. The molecule has 5 nitrogen and oxygen atoms in total. The Balaban J connectivity index is 1.97. The number of likely N-dealkylation sites (tertiary alicyclic amines) is 1. The SMILES string of the molecule is COCCNC(=O)NCC(c1ccc(C)cc1)N1CCC(C)CC1. The van der Waals surface area contributed by atoms with Gasteiger partial charge in [0.15, 0.2) is 0 Å². The van der Waals surface area contributed by atoms with E-state index in [1.807, 2.05) is 0 Å². The molecule has 1 aromatic carbocycles. The van der Waals surface area contributed by atoms with Crippen LogP contribution in [-0.4, -0.2) is 50.8 Å². The highest BCUT2D eigenvalue weighted by Gasteiger charge is 2.25. The third-order valence-corrected chi connectivity index (χ3v) is 4.77. The van der Waals surface area contributed by atoms with Gasteiger partial charge in [0.05, 0.1) is 12.6 Å². The molecule has 0 radical (unpaired) electrons. The van der Waals surface area contributed by atoms with Crippen molar-refractivity contribution < 1.29 is 9.53 Å². The van der Waals surface area contributed by atoms with Gasteiger partial charge in [0.25, 0.3) is 0 Å². The van der Waals surface area contributed by atoms with Crippen LogP contribution in [0.2, 0.25) is 0 Å². The van der Waals surface area contributed by atoms with Gasteiger partial charge in [0.2, 0.25) is 0 Å². The summed E-state index contributed by atoms with van der Waals surface area (Å²) in [4.78, 5) is 14.4. The van der Waals surface area contributed by atoms with Gasteiger partial charge in [-0.1, -0.05) is 36.8 Å². The standard InChI is InChI=1S/C19H31N3O2/c1-15-4-6-17(7-5-15)18(22-11-8-16(2)9-12-22)14-21-19(23)20-10-13-24-3/h4-7,16,18H,8-14H2,1-3H3,(H2,20,21,23). The largest absolute Gasteiger partial charge is 0.383 e. The number of hydrogen-bond acceptors (Lipinski definition) is 3. The van der Waals surface area contributed by atoms with Crippen LogP contribution in [0.5, 0.6) is 0 Å². The molecule has 1 saturated heterocycles. The number of carbonyl (C=O) groups excluding carboxylic acids is 1. The van der Waals surface area contributed by atoms with Crippen LogP contribution in [0.3, 0.4) is 0 Å². The van der Waals surface area contributed by atoms with Crippen molar-refractivity contribution in [2.75, 3.05) is 39.9 Å². The minimum Gasteiger partial charge on any atom is -0.383 e. The average molecular weight is 333 g/mol. The Morgan fingerprint density at radius 1 is 1.25 bits per heavy atom. The van der Waals surface area contributed by atoms with Gasteiger partial charge < -0.3 is 15.4 Å². The molecule has 1 atom stereocenters. The highest BCUT2D eigenvalue weighted by Crippen LogP contribution is 2.26. The van der Waals surface area contributed by atoms with Gasteiger partial charge >= 0.3 is 6.03 Å². The number of aryl methyl sites for hydroxylation is 1. The van der Waals surface area contributed by atoms with E-state index in [1.54, 1.807) is 7.11 Å². The Kier molecular flexibility index (Phi) is 7.53. The van der Waals surface area contributed by atoms with Gasteiger partial charge in [-0.25, -0.2) is 4.79 Å². The number of nitrogens with zero attached hydrogens (tertiary/aromatic N) is 1. The third-order valence-electron chi connectivity index (χ3n) is 4.77. The van der Waals surface area contributed by atoms with Crippen LogP contribution in [0.25, 0.3) is 0 Å². The molecule has 0 saturated carbocycles. The Labute approximate surface area is 145 Å². The molecule has 1 heterocycles. The normalized spacial score (nSPS) is 17.5. The van der Waals surface area contributed by atoms with Crippen LogP contribution >= 0.6 is 0 Å². The molecule has 0 aliphatic carbocycles. The number of piperidine rings is 1. The second-order valence-corrected chi connectivity index (χ2v) is 6.77. The number of amides is 2. The summed E-state index contributed by atoms with van der Waals surface area (Å²) in [5, 5.41) is 5.83. The number of nitrogens with one attached hydrogen (secondary N) is 2. The van der Waals surface area contributed by atoms with E-state index in [0.717, 1.165) is 19.0 Å². The van der Waals surface area contributed by atoms with Crippen LogP contribution in [-0.2, 0) is 4.74 Å². The van der Waals surface area contributed by atoms with Crippen molar-refractivity contribution in [3.63, 3.8) is 0 Å². The quantitative estimate of drug-likeness (QED) is 0.755. The van der Waals surface area contributed by atoms with E-state index in [4.69, 9.17) is 4.74 Å². The van der Waals surface area contributed by atoms with Crippen LogP contribution < -0.4 is 10.6 Å². The summed E-state index contributed by atoms with van der Waals surface area (Å²) >= 11 is 0. The fraction of sp³-hybridized carbons (Fsp3) is 0.632. The van der Waals surface area contributed by atoms with Crippen LogP contribution in [0.1, 0.15) is 36.9 Å². The summed E-state index contributed by atoms with van der Waals surface area (Å²) in [6, 6.07) is 8.76. The minimum atomic E-state index is -0.130. The second kappa shape index (κ2) is 9.64. The molecule has 1 aromatic rings. The summed E-state index contributed by atoms with van der Waals surface area (Å²) in [6.07, 6.45) is 2.45. The Hall–Kier alpha value is -1.59. The Morgan fingerprint density at radius 2 is 1.92 bits per heavy atom. The predicted octanol–water partition coefficient (Wildman–Crippen LogP) is 2.71. The molecule has 0 bridgehead atoms. The van der Waals surface area contributed by atoms with E-state index in [9.17, 15) is 4.79 Å². The molecule has 1 aliphatic rings. The Bertz CT molecular complexity index is 496. The molecule has 0 spiro atoms. The molecule has 1 aliphatic heterocycles. The predicted molar refractivity (Wildman–Crippen MR) is 97.2 cm³/mol. The van der Waals surface area contributed by atoms with Crippen molar-refractivity contribution in [2.45, 2.75) is 32.7 Å². The van der Waals surface area contributed by atoms with Crippen molar-refractivity contribution in [1.29, 1.82) is 0 Å². The number of benzene rings is 1. The van der Waals surface area contributed by atoms with Crippen LogP contribution in [0.4, 0.5) is 4.79 Å². The van der Waals surface area contributed by atoms with Crippen LogP contribution in [0, 0.1) is 12.8 Å². The molecule has 0 aromatic heterocycles. The van der Waals surface area contributed by atoms with Gasteiger partial charge in [0.1, 0.15) is 0 Å². The topological polar surface area (TPSA) is 53.6 Å². The zero-order valence-electron chi connectivity index (χ0n) is 15.2. The second-order valence-electron chi connectivity index (χ2n) is 6.77. The highest BCUT2D eigenvalue weighted by atomic mass is 16.5. The summed E-state index contributed by atoms with van der Waals surface area (Å²) in [7, 11) is 1.63. The van der Waals surface area contributed by atoms with Gasteiger partial charge in [-0.3, -0.25) is 4.90 Å². The smallest absolute Gasteiger partial charge is 0.314 e. The lowest BCUT2D eigenvalue weighted by Crippen LogP contribution is -2.44. The zero-order chi connectivity index (χ0) is 17.4. The van der Waals surface area contributed by atoms with Gasteiger partial charge in [-0.2, -0.15) is 0 Å². The maximum Gasteiger partial charge on any atom is 0.314 e. The number of hydrogen-bond donors (Lipinski definition) is 2. The number of methoxy groups -OCH3 is 1. The average Bonchev–Trinajstić information content (AvgIpc) is 2.58. The molecular weight excluding hydrogens is 302 g/mol. The van der Waals surface area contributed by atoms with Crippen LogP contribution in [0.15, 0.2) is 24.3 Å². The first-order valence-corrected chi connectivity index (χ1v) is 8.91. The van der Waals surface area contributed by atoms with E-state index in [1.165, 1.54) is 24.0 Å². The van der Waals surface area contributed by atoms with E-state index in [-0.39, 0.29) is 12.1 Å². The van der Waals surface area contributed by atoms with Crippen molar-refractivity contribution in [2.24, 2.45) is 5.92 Å². The molecule has 24 heavy (non-hydrogen) atoms. The summed E-state index contributed by atoms with van der Waals surface area (Å²) in [6.45, 7) is 8.27. The summed E-state index contributed by atoms with van der Waals surface area (Å²) in [5.74, 6) is 0.796. The Morgan fingerprint density at radius 3 is 2.54 bits per heavy atom. The maximum atomic E-state index is 11.9. The van der Waals surface area contributed by atoms with E-state index >= 15 is 0 Å². The fourth-order valence-corrected chi connectivity index (χ4v) is 3.11. The number of rotatable bonds is 7. The highest BCUT2D eigenvalue weighted by molar-refractivity contribution is 5.73. The van der Waals surface area contributed by atoms with E-state index in [2.05, 4.69) is 53.6 Å². The van der Waals surface area contributed by atoms with Crippen molar-refractivity contribution in [3.05, 3.63) is 35.4 Å². The first kappa shape index (κ1) is 18.7. The molecule has 134 valence electrons. The lowest BCUT2D eigenvalue weighted by molar-refractivity contribution is 0.136. The van der Waals surface area contributed by atoms with Crippen molar-refractivity contribution in [1.82, 2.24) is 15.5 Å². The lowest BCUT2D eigenvalue weighted by Gasteiger charge is -2.37. The van der Waals surface area contributed by atoms with Gasteiger partial charge in [-0.05, 0) is 44.3 Å². The number of ether oxygens (including phenoxy) is 1. The summed E-state index contributed by atoms with van der Waals surface area (Å²) < 4.78 is 4.95. The van der Waals surface area contributed by atoms with Crippen molar-refractivity contribution in [3.8, 4) is 0 Å². The molecule has 2 N–H and O–H groups in total. The fourth-order valence-electron chi connectivity index (χ4n) is 3.11. The molecule has 1 fully saturated rings. The van der Waals surface area contributed by atoms with Crippen molar-refractivity contribution >= 4 is 6.03 Å². The number of carbonyl (C=O) groups is 1. The monoisotopic (exact) mass is 333 g/mol. The molecule has 2 amide bonds. The minimum absolute atomic E-state index is 0.130. The van der Waals surface area contributed by atoms with E-state index in [0.29, 0.717) is 19.7 Å². The van der Waals surface area contributed by atoms with Gasteiger partial charge in [0, 0.05) is 20.2 Å². The molecule has 2 rings (SSSR count). The zero-order valence-corrected chi connectivity index (χ0v) is 15.2. The molecular formula is C19H31N3O2. The maximum absolute atomic E-state index is 11.9. The molecule has 1 unspecified atom stereocenters.